The van der Waals surface area contributed by atoms with Crippen molar-refractivity contribution >= 4 is 6.08 Å². The lowest BCUT2D eigenvalue weighted by Gasteiger charge is -2.17. The minimum atomic E-state index is 0.317. The van der Waals surface area contributed by atoms with Gasteiger partial charge in [0, 0.05) is 5.56 Å². The average Bonchev–Trinajstić information content (AvgIpc) is 2.78. The smallest absolute Gasteiger partial charge is 0.127 e. The molecule has 0 heterocycles. The molecule has 1 nitrogen and oxygen atoms in total. The molecule has 2 aromatic rings. The highest BCUT2D eigenvalue weighted by atomic mass is 16.3. The van der Waals surface area contributed by atoms with Gasteiger partial charge in [0.2, 0.25) is 0 Å². The lowest BCUT2D eigenvalue weighted by Crippen LogP contribution is -1.97. The van der Waals surface area contributed by atoms with E-state index in [1.807, 2.05) is 18.2 Å². The standard InChI is InChI=1S/C19H20O/c1-12(2)16-11-15-9-13(3)10-17(15)18(19(16)20)14-7-5-4-6-8-14/h4-9,11-12,20H,10H2,1-3H3. The first kappa shape index (κ1) is 13.0. The van der Waals surface area contributed by atoms with Crippen LogP contribution in [0.15, 0.2) is 42.0 Å². The molecule has 0 aliphatic heterocycles. The number of aromatic hydroxyl groups is 1. The molecule has 0 fully saturated rings. The average molecular weight is 264 g/mol. The van der Waals surface area contributed by atoms with E-state index >= 15 is 0 Å². The van der Waals surface area contributed by atoms with Crippen molar-refractivity contribution in [1.82, 2.24) is 0 Å². The van der Waals surface area contributed by atoms with E-state index in [0.717, 1.165) is 23.1 Å². The molecule has 0 aromatic heterocycles. The first-order chi connectivity index (χ1) is 9.58. The second kappa shape index (κ2) is 4.82. The quantitative estimate of drug-likeness (QED) is 0.796. The zero-order chi connectivity index (χ0) is 14.3. The zero-order valence-electron chi connectivity index (χ0n) is 12.3. The topological polar surface area (TPSA) is 20.2 Å². The Bertz CT molecular complexity index is 679. The number of benzene rings is 2. The molecule has 0 radical (unpaired) electrons. The molecule has 2 aromatic carbocycles. The summed E-state index contributed by atoms with van der Waals surface area (Å²) in [5, 5.41) is 10.7. The highest BCUT2D eigenvalue weighted by Crippen LogP contribution is 2.44. The van der Waals surface area contributed by atoms with E-state index < -0.39 is 0 Å². The summed E-state index contributed by atoms with van der Waals surface area (Å²) in [4.78, 5) is 0. The molecule has 0 atom stereocenters. The highest BCUT2D eigenvalue weighted by Gasteiger charge is 2.22. The van der Waals surface area contributed by atoms with Gasteiger partial charge in [-0.25, -0.2) is 0 Å². The van der Waals surface area contributed by atoms with Gasteiger partial charge in [-0.15, -0.1) is 0 Å². The second-order valence-corrected chi connectivity index (χ2v) is 5.95. The van der Waals surface area contributed by atoms with Crippen LogP contribution in [0.2, 0.25) is 0 Å². The number of rotatable bonds is 2. The van der Waals surface area contributed by atoms with Gasteiger partial charge in [0.15, 0.2) is 0 Å². The molecular weight excluding hydrogens is 244 g/mol. The molecule has 1 N–H and O–H groups in total. The minimum absolute atomic E-state index is 0.317. The second-order valence-electron chi connectivity index (χ2n) is 5.95. The summed E-state index contributed by atoms with van der Waals surface area (Å²) in [5.74, 6) is 0.769. The summed E-state index contributed by atoms with van der Waals surface area (Å²) in [6.07, 6.45) is 3.18. The Balaban J connectivity index is 2.30. The first-order valence-corrected chi connectivity index (χ1v) is 7.19. The Kier molecular flexibility index (Phi) is 3.13. The SMILES string of the molecule is CC1=Cc2cc(C(C)C)c(O)c(-c3ccccc3)c2C1. The fraction of sp³-hybridized carbons (Fsp3) is 0.263. The maximum absolute atomic E-state index is 10.7. The highest BCUT2D eigenvalue weighted by molar-refractivity contribution is 5.83. The van der Waals surface area contributed by atoms with Gasteiger partial charge in [0.05, 0.1) is 0 Å². The Morgan fingerprint density at radius 2 is 1.80 bits per heavy atom. The van der Waals surface area contributed by atoms with Gasteiger partial charge >= 0.3 is 0 Å². The van der Waals surface area contributed by atoms with Crippen molar-refractivity contribution in [3.05, 3.63) is 58.7 Å². The number of allylic oxidation sites excluding steroid dienone is 1. The van der Waals surface area contributed by atoms with Gasteiger partial charge in [-0.1, -0.05) is 55.8 Å². The molecule has 3 rings (SSSR count). The summed E-state index contributed by atoms with van der Waals surface area (Å²) >= 11 is 0. The molecule has 0 saturated heterocycles. The van der Waals surface area contributed by atoms with Crippen LogP contribution in [0.1, 0.15) is 43.4 Å². The molecule has 0 saturated carbocycles. The number of fused-ring (bicyclic) bond motifs is 1. The van der Waals surface area contributed by atoms with Gasteiger partial charge in [-0.2, -0.15) is 0 Å². The van der Waals surface area contributed by atoms with E-state index in [2.05, 4.69) is 45.0 Å². The predicted molar refractivity (Wildman–Crippen MR) is 85.0 cm³/mol. The van der Waals surface area contributed by atoms with Gasteiger partial charge in [0.1, 0.15) is 5.75 Å². The van der Waals surface area contributed by atoms with Crippen LogP contribution in [0.4, 0.5) is 0 Å². The lowest BCUT2D eigenvalue weighted by atomic mass is 9.89. The van der Waals surface area contributed by atoms with E-state index in [4.69, 9.17) is 0 Å². The van der Waals surface area contributed by atoms with E-state index in [-0.39, 0.29) is 0 Å². The molecule has 0 spiro atoms. The predicted octanol–water partition coefficient (Wildman–Crippen LogP) is 5.14. The lowest BCUT2D eigenvalue weighted by molar-refractivity contribution is 0.466. The van der Waals surface area contributed by atoms with Crippen molar-refractivity contribution in [3.8, 4) is 16.9 Å². The Labute approximate surface area is 120 Å². The van der Waals surface area contributed by atoms with Gasteiger partial charge in [-0.3, -0.25) is 0 Å². The fourth-order valence-electron chi connectivity index (χ4n) is 3.03. The van der Waals surface area contributed by atoms with Crippen molar-refractivity contribution in [1.29, 1.82) is 0 Å². The summed E-state index contributed by atoms with van der Waals surface area (Å²) < 4.78 is 0. The molecule has 0 unspecified atom stereocenters. The van der Waals surface area contributed by atoms with Crippen LogP contribution < -0.4 is 0 Å². The third kappa shape index (κ3) is 2.03. The van der Waals surface area contributed by atoms with Gasteiger partial charge in [0.25, 0.3) is 0 Å². The largest absolute Gasteiger partial charge is 0.507 e. The van der Waals surface area contributed by atoms with Crippen molar-refractivity contribution < 1.29 is 5.11 Å². The fourth-order valence-corrected chi connectivity index (χ4v) is 3.03. The molecule has 1 aliphatic rings. The summed E-state index contributed by atoms with van der Waals surface area (Å²) in [6.45, 7) is 6.41. The van der Waals surface area contributed by atoms with Crippen molar-refractivity contribution in [2.24, 2.45) is 0 Å². The normalized spacial score (nSPS) is 13.5. The van der Waals surface area contributed by atoms with Crippen molar-refractivity contribution in [2.75, 3.05) is 0 Å². The number of hydrogen-bond acceptors (Lipinski definition) is 1. The molecule has 1 aliphatic carbocycles. The summed E-state index contributed by atoms with van der Waals surface area (Å²) in [6, 6.07) is 12.4. The third-order valence-electron chi connectivity index (χ3n) is 4.01. The Hall–Kier alpha value is -2.02. The van der Waals surface area contributed by atoms with Gasteiger partial charge < -0.3 is 5.11 Å². The van der Waals surface area contributed by atoms with E-state index in [1.165, 1.54) is 16.7 Å². The molecule has 0 bridgehead atoms. The molecule has 1 heteroatoms. The van der Waals surface area contributed by atoms with Crippen LogP contribution in [-0.4, -0.2) is 5.11 Å². The number of phenolic OH excluding ortho intramolecular Hbond substituents is 1. The Morgan fingerprint density at radius 1 is 1.10 bits per heavy atom. The summed E-state index contributed by atoms with van der Waals surface area (Å²) in [5.41, 5.74) is 7.04. The first-order valence-electron chi connectivity index (χ1n) is 7.19. The van der Waals surface area contributed by atoms with Crippen LogP contribution in [0.5, 0.6) is 5.75 Å². The maximum atomic E-state index is 10.7. The number of hydrogen-bond donors (Lipinski definition) is 1. The van der Waals surface area contributed by atoms with Gasteiger partial charge in [-0.05, 0) is 47.6 Å². The van der Waals surface area contributed by atoms with Crippen LogP contribution in [0.25, 0.3) is 17.2 Å². The minimum Gasteiger partial charge on any atom is -0.507 e. The monoisotopic (exact) mass is 264 g/mol. The summed E-state index contributed by atoms with van der Waals surface area (Å²) in [7, 11) is 0. The maximum Gasteiger partial charge on any atom is 0.127 e. The van der Waals surface area contributed by atoms with Crippen LogP contribution >= 0.6 is 0 Å². The number of phenols is 1. The van der Waals surface area contributed by atoms with Crippen molar-refractivity contribution in [3.63, 3.8) is 0 Å². The third-order valence-corrected chi connectivity index (χ3v) is 4.01. The van der Waals surface area contributed by atoms with Crippen LogP contribution in [0, 0.1) is 0 Å². The van der Waals surface area contributed by atoms with E-state index in [9.17, 15) is 5.11 Å². The van der Waals surface area contributed by atoms with Crippen molar-refractivity contribution in [2.45, 2.75) is 33.1 Å². The van der Waals surface area contributed by atoms with E-state index in [1.54, 1.807) is 0 Å². The molecule has 102 valence electrons. The molecular formula is C19H20O. The zero-order valence-corrected chi connectivity index (χ0v) is 12.3. The van der Waals surface area contributed by atoms with E-state index in [0.29, 0.717) is 11.7 Å². The van der Waals surface area contributed by atoms with Crippen LogP contribution in [0.3, 0.4) is 0 Å². The van der Waals surface area contributed by atoms with Crippen LogP contribution in [-0.2, 0) is 6.42 Å². The molecule has 20 heavy (non-hydrogen) atoms. The molecule has 0 amide bonds. The Morgan fingerprint density at radius 3 is 2.45 bits per heavy atom.